The van der Waals surface area contributed by atoms with E-state index in [0.29, 0.717) is 0 Å². The number of hydrogen-bond donors (Lipinski definition) is 5. The minimum Gasteiger partial charge on any atom is -0.481 e. The van der Waals surface area contributed by atoms with Crippen LogP contribution in [0.3, 0.4) is 0 Å². The number of aliphatic hydroxyl groups is 4. The fourth-order valence-electron chi connectivity index (χ4n) is 2.77. The molecule has 3 unspecified atom stereocenters. The molecule has 9 nitrogen and oxygen atoms in total. The van der Waals surface area contributed by atoms with Crippen molar-refractivity contribution in [1.82, 2.24) is 0 Å². The number of carboxylic acid groups (broad SMARTS) is 1. The molecule has 0 aromatic heterocycles. The van der Waals surface area contributed by atoms with Crippen LogP contribution in [0.25, 0.3) is 0 Å². The quantitative estimate of drug-likeness (QED) is 0.185. The summed E-state index contributed by atoms with van der Waals surface area (Å²) in [7, 11) is 0. The number of carbonyl (C=O) groups excluding carboxylic acids is 1. The van der Waals surface area contributed by atoms with Crippen molar-refractivity contribution in [3.63, 3.8) is 0 Å². The smallest absolute Gasteiger partial charge is 0.307 e. The van der Waals surface area contributed by atoms with Crippen LogP contribution in [-0.4, -0.2) is 74.8 Å². The second-order valence-corrected chi connectivity index (χ2v) is 6.63. The topological polar surface area (TPSA) is 154 Å². The van der Waals surface area contributed by atoms with Crippen molar-refractivity contribution >= 4 is 11.9 Å². The fourth-order valence-corrected chi connectivity index (χ4v) is 2.77. The first-order valence-corrected chi connectivity index (χ1v) is 9.19. The summed E-state index contributed by atoms with van der Waals surface area (Å²) in [6.07, 6.45) is -0.453. The maximum absolute atomic E-state index is 12.1. The van der Waals surface area contributed by atoms with Gasteiger partial charge in [-0.3, -0.25) is 9.59 Å². The van der Waals surface area contributed by atoms with Crippen molar-refractivity contribution in [3.8, 4) is 0 Å². The van der Waals surface area contributed by atoms with Crippen molar-refractivity contribution in [2.75, 3.05) is 6.61 Å². The SMILES string of the molecule is CCCCC/C=C\CC(CC(=O)O[C@@H]1C(O)[C@H](O)OC(CO)[C@H]1O)C(=O)O. The lowest BCUT2D eigenvalue weighted by Gasteiger charge is -2.39. The van der Waals surface area contributed by atoms with Crippen molar-refractivity contribution in [3.05, 3.63) is 12.2 Å². The predicted molar refractivity (Wildman–Crippen MR) is 93.5 cm³/mol. The first kappa shape index (κ1) is 23.5. The minimum atomic E-state index is -1.75. The molecule has 6 atom stereocenters. The van der Waals surface area contributed by atoms with Gasteiger partial charge in [0.1, 0.15) is 18.3 Å². The number of carbonyl (C=O) groups is 2. The van der Waals surface area contributed by atoms with Crippen molar-refractivity contribution in [1.29, 1.82) is 0 Å². The molecule has 0 radical (unpaired) electrons. The predicted octanol–water partition coefficient (Wildman–Crippen LogP) is -0.0530. The summed E-state index contributed by atoms with van der Waals surface area (Å²) in [6.45, 7) is 1.43. The number of esters is 1. The second kappa shape index (κ2) is 12.0. The van der Waals surface area contributed by atoms with Crippen LogP contribution in [0.2, 0.25) is 0 Å². The van der Waals surface area contributed by atoms with Crippen LogP contribution in [-0.2, 0) is 19.1 Å². The van der Waals surface area contributed by atoms with E-state index in [9.17, 15) is 30.0 Å². The summed E-state index contributed by atoms with van der Waals surface area (Å²) < 4.78 is 9.78. The van der Waals surface area contributed by atoms with Gasteiger partial charge in [0, 0.05) is 0 Å². The molecule has 0 saturated carbocycles. The van der Waals surface area contributed by atoms with E-state index in [1.807, 2.05) is 6.08 Å². The van der Waals surface area contributed by atoms with E-state index in [0.717, 1.165) is 25.7 Å². The average Bonchev–Trinajstić information content (AvgIpc) is 2.63. The Hall–Kier alpha value is -1.52. The Bertz CT molecular complexity index is 493. The maximum Gasteiger partial charge on any atom is 0.307 e. The van der Waals surface area contributed by atoms with Gasteiger partial charge in [0.2, 0.25) is 0 Å². The first-order chi connectivity index (χ1) is 12.8. The highest BCUT2D eigenvalue weighted by Gasteiger charge is 2.46. The van der Waals surface area contributed by atoms with Gasteiger partial charge in [-0.25, -0.2) is 0 Å². The first-order valence-electron chi connectivity index (χ1n) is 9.19. The van der Waals surface area contributed by atoms with Gasteiger partial charge < -0.3 is 35.0 Å². The third kappa shape index (κ3) is 7.55. The van der Waals surface area contributed by atoms with Gasteiger partial charge in [-0.2, -0.15) is 0 Å². The van der Waals surface area contributed by atoms with Crippen LogP contribution in [0, 0.1) is 5.92 Å². The number of allylic oxidation sites excluding steroid dienone is 2. The number of hydrogen-bond acceptors (Lipinski definition) is 8. The zero-order valence-electron chi connectivity index (χ0n) is 15.4. The summed E-state index contributed by atoms with van der Waals surface area (Å²) in [5.41, 5.74) is 0. The number of ether oxygens (including phenoxy) is 2. The zero-order valence-corrected chi connectivity index (χ0v) is 15.4. The van der Waals surface area contributed by atoms with Gasteiger partial charge in [0.15, 0.2) is 12.4 Å². The lowest BCUT2D eigenvalue weighted by molar-refractivity contribution is -0.290. The third-order valence-electron chi connectivity index (χ3n) is 4.43. The molecule has 27 heavy (non-hydrogen) atoms. The van der Waals surface area contributed by atoms with E-state index >= 15 is 0 Å². The summed E-state index contributed by atoms with van der Waals surface area (Å²) >= 11 is 0. The molecular weight excluding hydrogens is 360 g/mol. The molecule has 5 N–H and O–H groups in total. The molecule has 0 spiro atoms. The summed E-state index contributed by atoms with van der Waals surface area (Å²) in [6, 6.07) is 0. The molecule has 1 saturated heterocycles. The van der Waals surface area contributed by atoms with Crippen LogP contribution in [0.1, 0.15) is 45.4 Å². The molecular formula is C18H30O9. The van der Waals surface area contributed by atoms with E-state index in [-0.39, 0.29) is 6.42 Å². The molecule has 1 aliphatic rings. The Morgan fingerprint density at radius 2 is 1.85 bits per heavy atom. The fraction of sp³-hybridized carbons (Fsp3) is 0.778. The van der Waals surface area contributed by atoms with E-state index in [2.05, 4.69) is 6.92 Å². The number of aliphatic hydroxyl groups excluding tert-OH is 4. The van der Waals surface area contributed by atoms with E-state index in [1.54, 1.807) is 6.08 Å². The normalized spacial score (nSPS) is 29.6. The van der Waals surface area contributed by atoms with Crippen LogP contribution >= 0.6 is 0 Å². The zero-order chi connectivity index (χ0) is 20.4. The van der Waals surface area contributed by atoms with Gasteiger partial charge >= 0.3 is 11.9 Å². The van der Waals surface area contributed by atoms with Gasteiger partial charge in [-0.15, -0.1) is 0 Å². The molecule has 1 rings (SSSR count). The molecule has 9 heteroatoms. The number of rotatable bonds is 11. The van der Waals surface area contributed by atoms with Gasteiger partial charge in [0.25, 0.3) is 0 Å². The molecule has 1 aliphatic heterocycles. The lowest BCUT2D eigenvalue weighted by Crippen LogP contribution is -2.59. The molecule has 0 bridgehead atoms. The number of unbranched alkanes of at least 4 members (excludes halogenated alkanes) is 3. The molecule has 156 valence electrons. The van der Waals surface area contributed by atoms with Gasteiger partial charge in [-0.1, -0.05) is 31.9 Å². The van der Waals surface area contributed by atoms with Crippen molar-refractivity contribution in [2.45, 2.75) is 76.2 Å². The van der Waals surface area contributed by atoms with Crippen LogP contribution in [0.5, 0.6) is 0 Å². The third-order valence-corrected chi connectivity index (χ3v) is 4.43. The Morgan fingerprint density at radius 3 is 2.44 bits per heavy atom. The highest BCUT2D eigenvalue weighted by molar-refractivity contribution is 5.79. The Morgan fingerprint density at radius 1 is 1.15 bits per heavy atom. The average molecular weight is 390 g/mol. The van der Waals surface area contributed by atoms with Crippen molar-refractivity contribution in [2.24, 2.45) is 5.92 Å². The van der Waals surface area contributed by atoms with Gasteiger partial charge in [0.05, 0.1) is 18.9 Å². The lowest BCUT2D eigenvalue weighted by atomic mass is 9.98. The van der Waals surface area contributed by atoms with Crippen molar-refractivity contribution < 1.29 is 44.6 Å². The number of carboxylic acids is 1. The largest absolute Gasteiger partial charge is 0.481 e. The Kier molecular flexibility index (Phi) is 10.5. The molecule has 0 amide bonds. The molecule has 0 aromatic carbocycles. The minimum absolute atomic E-state index is 0.150. The van der Waals surface area contributed by atoms with E-state index in [1.165, 1.54) is 0 Å². The Labute approximate surface area is 158 Å². The van der Waals surface area contributed by atoms with Crippen LogP contribution in [0.15, 0.2) is 12.2 Å². The molecule has 0 aromatic rings. The van der Waals surface area contributed by atoms with E-state index in [4.69, 9.17) is 14.6 Å². The molecule has 0 aliphatic carbocycles. The standard InChI is InChI=1S/C18H30O9/c1-2-3-4-5-6-7-8-11(17(23)24)9-13(20)27-16-14(21)12(10-19)26-18(25)15(16)22/h6-7,11-12,14-16,18-19,21-22,25H,2-5,8-10H2,1H3,(H,23,24)/b7-6-/t11?,12?,14-,15?,16+,18-/m1/s1. The molecule has 1 fully saturated rings. The Balaban J connectivity index is 2.58. The van der Waals surface area contributed by atoms with Crippen LogP contribution < -0.4 is 0 Å². The van der Waals surface area contributed by atoms with E-state index < -0.39 is 61.6 Å². The maximum atomic E-state index is 12.1. The summed E-state index contributed by atoms with van der Waals surface area (Å²) in [4.78, 5) is 23.4. The second-order valence-electron chi connectivity index (χ2n) is 6.63. The molecule has 1 heterocycles. The summed E-state index contributed by atoms with van der Waals surface area (Å²) in [5, 5.41) is 47.8. The monoisotopic (exact) mass is 390 g/mol. The van der Waals surface area contributed by atoms with Crippen LogP contribution in [0.4, 0.5) is 0 Å². The highest BCUT2D eigenvalue weighted by Crippen LogP contribution is 2.23. The van der Waals surface area contributed by atoms with Gasteiger partial charge in [-0.05, 0) is 19.3 Å². The summed E-state index contributed by atoms with van der Waals surface area (Å²) in [5.74, 6) is -3.10. The number of aliphatic carboxylic acids is 1. The highest BCUT2D eigenvalue weighted by atomic mass is 16.7.